The van der Waals surface area contributed by atoms with Gasteiger partial charge in [0.25, 0.3) is 0 Å². The maximum Gasteiger partial charge on any atom is 0.335 e. The summed E-state index contributed by atoms with van der Waals surface area (Å²) in [6.45, 7) is 1.02. The molecule has 0 bridgehead atoms. The first-order valence-electron chi connectivity index (χ1n) is 8.16. The topological polar surface area (TPSA) is 131 Å². The molecule has 27 heavy (non-hydrogen) atoms. The van der Waals surface area contributed by atoms with Gasteiger partial charge in [0.1, 0.15) is 11.5 Å². The molecule has 0 aliphatic heterocycles. The zero-order chi connectivity index (χ0) is 19.4. The van der Waals surface area contributed by atoms with E-state index >= 15 is 0 Å². The number of rotatable bonds is 7. The maximum absolute atomic E-state index is 11.2. The van der Waals surface area contributed by atoms with E-state index in [1.54, 1.807) is 19.2 Å². The van der Waals surface area contributed by atoms with Crippen LogP contribution in [0.15, 0.2) is 36.4 Å². The number of hydrogen-bond acceptors (Lipinski definition) is 7. The van der Waals surface area contributed by atoms with Gasteiger partial charge in [0.05, 0.1) is 11.1 Å². The number of aromatic nitrogens is 4. The summed E-state index contributed by atoms with van der Waals surface area (Å²) in [6, 6.07) is 8.88. The van der Waals surface area contributed by atoms with E-state index in [9.17, 15) is 20.1 Å². The fourth-order valence-electron chi connectivity index (χ4n) is 2.71. The predicted octanol–water partition coefficient (Wildman–Crippen LogP) is 2.15. The Hall–Kier alpha value is -3.46. The molecule has 1 heterocycles. The third-order valence-corrected chi connectivity index (χ3v) is 4.03. The van der Waals surface area contributed by atoms with Crippen molar-refractivity contribution in [1.29, 1.82) is 0 Å². The Balaban J connectivity index is 2.05. The Bertz CT molecular complexity index is 970. The molecule has 2 aromatic carbocycles. The first-order valence-corrected chi connectivity index (χ1v) is 8.16. The number of hydrogen-bond donors (Lipinski definition) is 3. The number of aromatic hydroxyl groups is 2. The van der Waals surface area contributed by atoms with Gasteiger partial charge in [-0.05, 0) is 40.6 Å². The van der Waals surface area contributed by atoms with Crippen molar-refractivity contribution in [1.82, 2.24) is 20.2 Å². The van der Waals surface area contributed by atoms with E-state index in [1.807, 2.05) is 0 Å². The van der Waals surface area contributed by atoms with E-state index in [0.717, 1.165) is 0 Å². The molecule has 9 nitrogen and oxygen atoms in total. The molecule has 0 unspecified atom stereocenters. The van der Waals surface area contributed by atoms with Gasteiger partial charge in [-0.1, -0.05) is 12.1 Å². The van der Waals surface area contributed by atoms with Gasteiger partial charge in [-0.25, -0.2) is 9.48 Å². The molecule has 0 radical (unpaired) electrons. The molecule has 0 saturated heterocycles. The Morgan fingerprint density at radius 1 is 1.15 bits per heavy atom. The molecule has 3 aromatic rings. The zero-order valence-electron chi connectivity index (χ0n) is 14.5. The number of nitrogens with zero attached hydrogens (tertiary/aromatic N) is 4. The first-order chi connectivity index (χ1) is 13.0. The molecule has 0 aliphatic carbocycles. The van der Waals surface area contributed by atoms with Crippen LogP contribution in [0.3, 0.4) is 0 Å². The molecule has 0 saturated carbocycles. The van der Waals surface area contributed by atoms with Crippen LogP contribution in [-0.4, -0.2) is 55.2 Å². The predicted molar refractivity (Wildman–Crippen MR) is 95.5 cm³/mol. The third-order valence-electron chi connectivity index (χ3n) is 4.03. The maximum atomic E-state index is 11.2. The van der Waals surface area contributed by atoms with Gasteiger partial charge in [0.2, 0.25) is 0 Å². The number of methoxy groups -OCH3 is 1. The highest BCUT2D eigenvalue weighted by Crippen LogP contribution is 2.39. The van der Waals surface area contributed by atoms with Gasteiger partial charge in [0.15, 0.2) is 5.82 Å². The summed E-state index contributed by atoms with van der Waals surface area (Å²) in [5, 5.41) is 41.2. The minimum absolute atomic E-state index is 0.0888. The molecule has 0 amide bonds. The second kappa shape index (κ2) is 7.83. The summed E-state index contributed by atoms with van der Waals surface area (Å²) in [5.74, 6) is -1.11. The summed E-state index contributed by atoms with van der Waals surface area (Å²) in [7, 11) is 1.60. The lowest BCUT2D eigenvalue weighted by Crippen LogP contribution is -2.05. The summed E-state index contributed by atoms with van der Waals surface area (Å²) >= 11 is 0. The standard InChI is InChI=1S/C18H18N4O5/c1-27-7-3-6-22-17(19-20-21-22)14-9-13(15(23)10-16(14)24)11-4-2-5-12(8-11)18(25)26/h2,4-5,8-10,23-24H,3,6-7H2,1H3,(H,25,26). The molecular weight excluding hydrogens is 352 g/mol. The fourth-order valence-corrected chi connectivity index (χ4v) is 2.71. The normalized spacial score (nSPS) is 10.9. The number of tetrazole rings is 1. The second-order valence-electron chi connectivity index (χ2n) is 5.84. The molecular formula is C18H18N4O5. The van der Waals surface area contributed by atoms with Crippen LogP contribution in [0.4, 0.5) is 0 Å². The number of aryl methyl sites for hydroxylation is 1. The Morgan fingerprint density at radius 2 is 1.93 bits per heavy atom. The molecule has 140 valence electrons. The van der Waals surface area contributed by atoms with Gasteiger partial charge in [0, 0.05) is 31.9 Å². The molecule has 0 atom stereocenters. The Morgan fingerprint density at radius 3 is 2.67 bits per heavy atom. The van der Waals surface area contributed by atoms with Crippen LogP contribution in [0.25, 0.3) is 22.5 Å². The second-order valence-corrected chi connectivity index (χ2v) is 5.84. The molecule has 3 rings (SSSR count). The zero-order valence-corrected chi connectivity index (χ0v) is 14.5. The van der Waals surface area contributed by atoms with Crippen LogP contribution in [-0.2, 0) is 11.3 Å². The van der Waals surface area contributed by atoms with E-state index in [-0.39, 0.29) is 17.1 Å². The number of ether oxygens (including phenoxy) is 1. The Labute approximate surface area is 154 Å². The van der Waals surface area contributed by atoms with Crippen LogP contribution in [0, 0.1) is 0 Å². The van der Waals surface area contributed by atoms with E-state index < -0.39 is 5.97 Å². The largest absolute Gasteiger partial charge is 0.507 e. The van der Waals surface area contributed by atoms with Crippen LogP contribution in [0.5, 0.6) is 11.5 Å². The summed E-state index contributed by atoms with van der Waals surface area (Å²) in [5.41, 5.74) is 1.27. The number of phenolic OH excluding ortho intramolecular Hbond substituents is 2. The number of carboxylic acids is 1. The van der Waals surface area contributed by atoms with Crippen LogP contribution >= 0.6 is 0 Å². The van der Waals surface area contributed by atoms with Crippen molar-refractivity contribution in [3.05, 3.63) is 42.0 Å². The number of carbonyl (C=O) groups is 1. The quantitative estimate of drug-likeness (QED) is 0.539. The van der Waals surface area contributed by atoms with Crippen molar-refractivity contribution in [3.8, 4) is 34.0 Å². The van der Waals surface area contributed by atoms with Crippen molar-refractivity contribution >= 4 is 5.97 Å². The highest BCUT2D eigenvalue weighted by molar-refractivity contribution is 5.90. The van der Waals surface area contributed by atoms with Crippen molar-refractivity contribution < 1.29 is 24.9 Å². The lowest BCUT2D eigenvalue weighted by Gasteiger charge is -2.11. The number of phenols is 2. The lowest BCUT2D eigenvalue weighted by atomic mass is 9.99. The molecule has 1 aromatic heterocycles. The lowest BCUT2D eigenvalue weighted by molar-refractivity contribution is 0.0697. The monoisotopic (exact) mass is 370 g/mol. The van der Waals surface area contributed by atoms with Crippen molar-refractivity contribution in [3.63, 3.8) is 0 Å². The van der Waals surface area contributed by atoms with Crippen LogP contribution in [0.1, 0.15) is 16.8 Å². The summed E-state index contributed by atoms with van der Waals surface area (Å²) in [4.78, 5) is 11.2. The van der Waals surface area contributed by atoms with Crippen molar-refractivity contribution in [2.45, 2.75) is 13.0 Å². The number of benzene rings is 2. The highest BCUT2D eigenvalue weighted by atomic mass is 16.5. The van der Waals surface area contributed by atoms with Crippen LogP contribution < -0.4 is 0 Å². The van der Waals surface area contributed by atoms with E-state index in [1.165, 1.54) is 28.9 Å². The van der Waals surface area contributed by atoms with Crippen LogP contribution in [0.2, 0.25) is 0 Å². The Kier molecular flexibility index (Phi) is 5.32. The van der Waals surface area contributed by atoms with Gasteiger partial charge in [-0.2, -0.15) is 0 Å². The highest BCUT2D eigenvalue weighted by Gasteiger charge is 2.18. The van der Waals surface area contributed by atoms with Crippen molar-refractivity contribution in [2.24, 2.45) is 0 Å². The van der Waals surface area contributed by atoms with E-state index in [0.29, 0.717) is 42.1 Å². The molecule has 0 spiro atoms. The number of aromatic carboxylic acids is 1. The smallest absolute Gasteiger partial charge is 0.335 e. The van der Waals surface area contributed by atoms with Crippen molar-refractivity contribution in [2.75, 3.05) is 13.7 Å². The third kappa shape index (κ3) is 3.87. The first kappa shape index (κ1) is 18.3. The van der Waals surface area contributed by atoms with Gasteiger partial charge in [-0.15, -0.1) is 5.10 Å². The summed E-state index contributed by atoms with van der Waals surface area (Å²) in [6.07, 6.45) is 0.681. The van der Waals surface area contributed by atoms with E-state index in [2.05, 4.69) is 15.5 Å². The average Bonchev–Trinajstić information content (AvgIpc) is 3.10. The average molecular weight is 370 g/mol. The van der Waals surface area contributed by atoms with Gasteiger partial charge in [-0.3, -0.25) is 0 Å². The van der Waals surface area contributed by atoms with E-state index in [4.69, 9.17) is 4.74 Å². The molecule has 3 N–H and O–H groups in total. The minimum Gasteiger partial charge on any atom is -0.507 e. The summed E-state index contributed by atoms with van der Waals surface area (Å²) < 4.78 is 6.55. The SMILES string of the molecule is COCCCn1nnnc1-c1cc(-c2cccc(C(=O)O)c2)c(O)cc1O. The van der Waals surface area contributed by atoms with Gasteiger partial charge < -0.3 is 20.1 Å². The number of carboxylic acid groups (broad SMARTS) is 1. The minimum atomic E-state index is -1.07. The molecule has 9 heteroatoms. The molecule has 0 fully saturated rings. The fraction of sp³-hybridized carbons (Fsp3) is 0.222. The molecule has 0 aliphatic rings. The van der Waals surface area contributed by atoms with Gasteiger partial charge >= 0.3 is 5.97 Å².